The van der Waals surface area contributed by atoms with Gasteiger partial charge in [-0.2, -0.15) is 0 Å². The van der Waals surface area contributed by atoms with E-state index in [1.54, 1.807) is 7.05 Å². The van der Waals surface area contributed by atoms with E-state index in [4.69, 9.17) is 20.9 Å². The number of nitrogens with one attached hydrogen (secondary N) is 2. The van der Waals surface area contributed by atoms with Gasteiger partial charge in [0, 0.05) is 12.5 Å². The maximum Gasteiger partial charge on any atom is 0.249 e. The summed E-state index contributed by atoms with van der Waals surface area (Å²) in [4.78, 5) is 12.2. The van der Waals surface area contributed by atoms with E-state index in [1.165, 1.54) is 0 Å². The van der Waals surface area contributed by atoms with Crippen LogP contribution in [-0.4, -0.2) is 100 Å². The lowest BCUT2D eigenvalue weighted by atomic mass is 9.86. The Balaban J connectivity index is 1.69. The predicted octanol–water partition coefficient (Wildman–Crippen LogP) is -4.14. The third-order valence-electron chi connectivity index (χ3n) is 6.21. The van der Waals surface area contributed by atoms with Gasteiger partial charge in [0.2, 0.25) is 5.91 Å². The van der Waals surface area contributed by atoms with E-state index in [2.05, 4.69) is 10.6 Å². The Bertz CT molecular complexity index is 584. The molecule has 28 heavy (non-hydrogen) atoms. The minimum absolute atomic E-state index is 0.0237. The summed E-state index contributed by atoms with van der Waals surface area (Å²) in [6, 6.07) is -1.04. The van der Waals surface area contributed by atoms with Crippen LogP contribution in [-0.2, 0) is 14.3 Å². The molecule has 11 heteroatoms. The number of amides is 1. The van der Waals surface area contributed by atoms with Gasteiger partial charge in [0.25, 0.3) is 0 Å². The molecule has 3 aliphatic rings. The molecule has 3 fully saturated rings. The second kappa shape index (κ2) is 8.09. The number of hydrogen-bond donors (Lipinski definition) is 8. The predicted molar refractivity (Wildman–Crippen MR) is 96.8 cm³/mol. The lowest BCUT2D eigenvalue weighted by Crippen LogP contribution is -2.64. The standard InChI is InChI=1S/C17H32N4O7/c1-20-17-6-16(17,26)7-27-15(13(17)24)28-12-9(4-8(19)5-11(12)23)21-14(25)10(22)2-3-18/h8-13,15,20,22-24,26H,2-7,18-19H2,1H3,(H,21,25)/t8-,9+,10-,11-,12-,13-,15+,16?,17+/m0/s1. The third-order valence-corrected chi connectivity index (χ3v) is 6.21. The van der Waals surface area contributed by atoms with Crippen LogP contribution in [0.2, 0.25) is 0 Å². The molecule has 1 amide bonds. The molecule has 1 saturated heterocycles. The highest BCUT2D eigenvalue weighted by Crippen LogP contribution is 2.54. The quantitative estimate of drug-likeness (QED) is 0.206. The molecule has 0 bridgehead atoms. The lowest BCUT2D eigenvalue weighted by Gasteiger charge is -2.43. The first-order valence-corrected chi connectivity index (χ1v) is 9.66. The molecule has 162 valence electrons. The van der Waals surface area contributed by atoms with Crippen molar-refractivity contribution < 1.29 is 34.7 Å². The van der Waals surface area contributed by atoms with Crippen molar-refractivity contribution in [2.24, 2.45) is 11.5 Å². The van der Waals surface area contributed by atoms with Crippen molar-refractivity contribution >= 4 is 5.91 Å². The van der Waals surface area contributed by atoms with Crippen LogP contribution in [0.5, 0.6) is 0 Å². The summed E-state index contributed by atoms with van der Waals surface area (Å²) in [5, 5.41) is 47.0. The molecule has 0 radical (unpaired) electrons. The van der Waals surface area contributed by atoms with Crippen molar-refractivity contribution in [3.63, 3.8) is 0 Å². The molecular formula is C17H32N4O7. The number of carbonyl (C=O) groups excluding carboxylic acids is 1. The Morgan fingerprint density at radius 2 is 2.11 bits per heavy atom. The van der Waals surface area contributed by atoms with Crippen LogP contribution in [0.25, 0.3) is 0 Å². The first-order valence-electron chi connectivity index (χ1n) is 9.66. The van der Waals surface area contributed by atoms with E-state index in [-0.39, 0.29) is 32.0 Å². The number of aliphatic hydroxyl groups is 4. The molecule has 1 aliphatic heterocycles. The number of carbonyl (C=O) groups is 1. The maximum absolute atomic E-state index is 12.2. The summed E-state index contributed by atoms with van der Waals surface area (Å²) in [5.74, 6) is -0.626. The highest BCUT2D eigenvalue weighted by Gasteiger charge is 2.74. The first-order chi connectivity index (χ1) is 13.2. The third kappa shape index (κ3) is 3.78. The maximum atomic E-state index is 12.2. The van der Waals surface area contributed by atoms with Crippen molar-refractivity contribution in [3.8, 4) is 0 Å². The first kappa shape index (κ1) is 21.8. The summed E-state index contributed by atoms with van der Waals surface area (Å²) >= 11 is 0. The molecule has 0 aromatic rings. The number of aliphatic hydroxyl groups excluding tert-OH is 3. The molecular weight excluding hydrogens is 372 g/mol. The van der Waals surface area contributed by atoms with Crippen LogP contribution in [0.15, 0.2) is 0 Å². The fourth-order valence-corrected chi connectivity index (χ4v) is 4.42. The highest BCUT2D eigenvalue weighted by molar-refractivity contribution is 5.80. The Hall–Kier alpha value is -0.890. The lowest BCUT2D eigenvalue weighted by molar-refractivity contribution is -0.277. The van der Waals surface area contributed by atoms with E-state index < -0.39 is 53.8 Å². The number of hydrogen-bond acceptors (Lipinski definition) is 10. The number of rotatable bonds is 7. The second-order valence-electron chi connectivity index (χ2n) is 8.16. The Labute approximate surface area is 163 Å². The topological polar surface area (TPSA) is 193 Å². The van der Waals surface area contributed by atoms with Gasteiger partial charge in [-0.1, -0.05) is 0 Å². The van der Waals surface area contributed by atoms with Crippen molar-refractivity contribution in [1.29, 1.82) is 0 Å². The van der Waals surface area contributed by atoms with E-state index in [0.29, 0.717) is 12.8 Å². The molecule has 10 N–H and O–H groups in total. The molecule has 1 unspecified atom stereocenters. The zero-order valence-corrected chi connectivity index (χ0v) is 16.0. The summed E-state index contributed by atoms with van der Waals surface area (Å²) in [6.07, 6.45) is -4.43. The molecule has 11 nitrogen and oxygen atoms in total. The number of fused-ring (bicyclic) bond motifs is 1. The number of nitrogens with two attached hydrogens (primary N) is 2. The van der Waals surface area contributed by atoms with Crippen LogP contribution in [0, 0.1) is 0 Å². The molecule has 3 rings (SSSR count). The van der Waals surface area contributed by atoms with Crippen LogP contribution in [0.3, 0.4) is 0 Å². The van der Waals surface area contributed by atoms with E-state index in [0.717, 1.165) is 0 Å². The van der Waals surface area contributed by atoms with Gasteiger partial charge in [-0.05, 0) is 32.9 Å². The minimum Gasteiger partial charge on any atom is -0.390 e. The zero-order valence-electron chi connectivity index (χ0n) is 16.0. The van der Waals surface area contributed by atoms with Crippen molar-refractivity contribution in [2.45, 2.75) is 79.6 Å². The highest BCUT2D eigenvalue weighted by atomic mass is 16.7. The van der Waals surface area contributed by atoms with Crippen LogP contribution >= 0.6 is 0 Å². The Morgan fingerprint density at radius 1 is 1.39 bits per heavy atom. The van der Waals surface area contributed by atoms with Crippen LogP contribution in [0.1, 0.15) is 25.7 Å². The molecule has 2 saturated carbocycles. The van der Waals surface area contributed by atoms with Crippen LogP contribution < -0.4 is 22.1 Å². The van der Waals surface area contributed by atoms with Crippen LogP contribution in [0.4, 0.5) is 0 Å². The molecule has 0 aromatic heterocycles. The summed E-state index contributed by atoms with van der Waals surface area (Å²) < 4.78 is 11.4. The largest absolute Gasteiger partial charge is 0.390 e. The van der Waals surface area contributed by atoms with Gasteiger partial charge >= 0.3 is 0 Å². The molecule has 0 spiro atoms. The normalized spacial score (nSPS) is 46.5. The monoisotopic (exact) mass is 404 g/mol. The van der Waals surface area contributed by atoms with E-state index >= 15 is 0 Å². The van der Waals surface area contributed by atoms with Gasteiger partial charge < -0.3 is 52.0 Å². The van der Waals surface area contributed by atoms with Crippen molar-refractivity contribution in [2.75, 3.05) is 20.2 Å². The number of likely N-dealkylation sites (N-methyl/N-ethyl adjacent to an activating group) is 1. The zero-order chi connectivity index (χ0) is 20.7. The fourth-order valence-electron chi connectivity index (χ4n) is 4.42. The van der Waals surface area contributed by atoms with E-state index in [1.807, 2.05) is 0 Å². The molecule has 1 heterocycles. The van der Waals surface area contributed by atoms with Gasteiger partial charge in [0.15, 0.2) is 6.29 Å². The summed E-state index contributed by atoms with van der Waals surface area (Å²) in [5.41, 5.74) is 9.25. The van der Waals surface area contributed by atoms with E-state index in [9.17, 15) is 25.2 Å². The summed E-state index contributed by atoms with van der Waals surface area (Å²) in [7, 11) is 1.64. The SMILES string of the molecule is CN[C@@]12CC1(O)CO[C@H](O[C@@H]1[C@@H](O)C[C@@H](N)C[C@H]1NC(=O)[C@@H](O)CCN)[C@@H]2O. The van der Waals surface area contributed by atoms with Gasteiger partial charge in [0.1, 0.15) is 23.9 Å². The number of ether oxygens (including phenoxy) is 2. The van der Waals surface area contributed by atoms with Gasteiger partial charge in [-0.15, -0.1) is 0 Å². The average Bonchev–Trinajstić information content (AvgIpc) is 3.27. The fraction of sp³-hybridized carbons (Fsp3) is 0.941. The van der Waals surface area contributed by atoms with Gasteiger partial charge in [0.05, 0.1) is 24.3 Å². The Morgan fingerprint density at radius 3 is 2.75 bits per heavy atom. The average molecular weight is 404 g/mol. The molecule has 2 aliphatic carbocycles. The smallest absolute Gasteiger partial charge is 0.249 e. The molecule has 9 atom stereocenters. The molecule has 0 aromatic carbocycles. The Kier molecular flexibility index (Phi) is 6.30. The minimum atomic E-state index is -1.27. The van der Waals surface area contributed by atoms with Gasteiger partial charge in [-0.3, -0.25) is 4.79 Å². The summed E-state index contributed by atoms with van der Waals surface area (Å²) in [6.45, 7) is 0.128. The van der Waals surface area contributed by atoms with Gasteiger partial charge in [-0.25, -0.2) is 0 Å². The van der Waals surface area contributed by atoms with Crippen molar-refractivity contribution in [1.82, 2.24) is 10.6 Å². The van der Waals surface area contributed by atoms with Crippen molar-refractivity contribution in [3.05, 3.63) is 0 Å². The second-order valence-corrected chi connectivity index (χ2v) is 8.16.